The Labute approximate surface area is 115 Å². The van der Waals surface area contributed by atoms with Crippen LogP contribution in [0.2, 0.25) is 5.02 Å². The molecule has 1 aromatic carbocycles. The summed E-state index contributed by atoms with van der Waals surface area (Å²) in [7, 11) is 1.51. The molecule has 5 nitrogen and oxygen atoms in total. The monoisotopic (exact) mass is 280 g/mol. The lowest BCUT2D eigenvalue weighted by Gasteiger charge is -2.11. The van der Waals surface area contributed by atoms with Crippen molar-refractivity contribution in [3.05, 3.63) is 40.2 Å². The Morgan fingerprint density at radius 1 is 1.37 bits per heavy atom. The first-order valence-electron chi connectivity index (χ1n) is 5.59. The van der Waals surface area contributed by atoms with Gasteiger partial charge in [0.25, 0.3) is 5.91 Å². The third-order valence-electron chi connectivity index (χ3n) is 2.68. The standard InChI is InChI=1S/C13H13ClN2O3/c1-7-4-10(11(18-3)5-9(7)14)16-13(17)12-8(2)6-15-19-12/h4-6H,1-3H3,(H,16,17). The molecule has 1 N–H and O–H groups in total. The topological polar surface area (TPSA) is 64.4 Å². The van der Waals surface area contributed by atoms with Crippen LogP contribution in [-0.2, 0) is 0 Å². The maximum Gasteiger partial charge on any atom is 0.294 e. The zero-order chi connectivity index (χ0) is 14.0. The Bertz CT molecular complexity index is 622. The van der Waals surface area contributed by atoms with Crippen molar-refractivity contribution in [2.75, 3.05) is 12.4 Å². The second-order valence-corrected chi connectivity index (χ2v) is 4.50. The average molecular weight is 281 g/mol. The quantitative estimate of drug-likeness (QED) is 0.938. The number of hydrogen-bond acceptors (Lipinski definition) is 4. The number of anilines is 1. The number of amides is 1. The van der Waals surface area contributed by atoms with E-state index in [4.69, 9.17) is 20.9 Å². The van der Waals surface area contributed by atoms with Gasteiger partial charge in [0.1, 0.15) is 5.75 Å². The van der Waals surface area contributed by atoms with Gasteiger partial charge in [-0.15, -0.1) is 0 Å². The first-order chi connectivity index (χ1) is 9.02. The summed E-state index contributed by atoms with van der Waals surface area (Å²) in [6, 6.07) is 3.39. The summed E-state index contributed by atoms with van der Waals surface area (Å²) in [5.74, 6) is 0.283. The minimum atomic E-state index is -0.380. The average Bonchev–Trinajstić information content (AvgIpc) is 2.79. The fourth-order valence-electron chi connectivity index (χ4n) is 1.62. The van der Waals surface area contributed by atoms with Gasteiger partial charge >= 0.3 is 0 Å². The molecule has 0 aliphatic heterocycles. The van der Waals surface area contributed by atoms with E-state index in [0.717, 1.165) is 5.56 Å². The fourth-order valence-corrected chi connectivity index (χ4v) is 1.77. The Kier molecular flexibility index (Phi) is 3.76. The van der Waals surface area contributed by atoms with E-state index in [1.54, 1.807) is 19.1 Å². The van der Waals surface area contributed by atoms with Crippen LogP contribution in [0.25, 0.3) is 0 Å². The number of ether oxygens (including phenoxy) is 1. The van der Waals surface area contributed by atoms with Crippen LogP contribution in [0, 0.1) is 13.8 Å². The zero-order valence-corrected chi connectivity index (χ0v) is 11.5. The van der Waals surface area contributed by atoms with Crippen molar-refractivity contribution in [3.63, 3.8) is 0 Å². The van der Waals surface area contributed by atoms with Crippen LogP contribution in [0.15, 0.2) is 22.9 Å². The number of nitrogens with one attached hydrogen (secondary N) is 1. The summed E-state index contributed by atoms with van der Waals surface area (Å²) in [5.41, 5.74) is 2.04. The highest BCUT2D eigenvalue weighted by Crippen LogP contribution is 2.31. The third kappa shape index (κ3) is 2.71. The number of hydrogen-bond donors (Lipinski definition) is 1. The van der Waals surface area contributed by atoms with E-state index in [0.29, 0.717) is 22.0 Å². The number of aryl methyl sites for hydroxylation is 2. The SMILES string of the molecule is COc1cc(Cl)c(C)cc1NC(=O)c1oncc1C. The molecule has 0 saturated heterocycles. The highest BCUT2D eigenvalue weighted by atomic mass is 35.5. The Morgan fingerprint density at radius 2 is 2.11 bits per heavy atom. The molecule has 0 bridgehead atoms. The fraction of sp³-hybridized carbons (Fsp3) is 0.231. The predicted molar refractivity (Wildman–Crippen MR) is 71.9 cm³/mol. The molecule has 1 amide bonds. The summed E-state index contributed by atoms with van der Waals surface area (Å²) >= 11 is 6.00. The minimum Gasteiger partial charge on any atom is -0.495 e. The van der Waals surface area contributed by atoms with Crippen molar-refractivity contribution in [1.29, 1.82) is 0 Å². The van der Waals surface area contributed by atoms with Gasteiger partial charge in [-0.3, -0.25) is 4.79 Å². The normalized spacial score (nSPS) is 10.3. The number of rotatable bonds is 3. The molecule has 6 heteroatoms. The largest absolute Gasteiger partial charge is 0.495 e. The summed E-state index contributed by atoms with van der Waals surface area (Å²) in [6.07, 6.45) is 1.49. The van der Waals surface area contributed by atoms with E-state index >= 15 is 0 Å². The lowest BCUT2D eigenvalue weighted by atomic mass is 10.2. The number of carbonyl (C=O) groups excluding carboxylic acids is 1. The van der Waals surface area contributed by atoms with Gasteiger partial charge in [-0.1, -0.05) is 16.8 Å². The Balaban J connectivity index is 2.31. The zero-order valence-electron chi connectivity index (χ0n) is 10.8. The molecular weight excluding hydrogens is 268 g/mol. The van der Waals surface area contributed by atoms with E-state index < -0.39 is 0 Å². The molecule has 0 fully saturated rings. The number of carbonyl (C=O) groups is 1. The van der Waals surface area contributed by atoms with E-state index in [1.807, 2.05) is 6.92 Å². The smallest absolute Gasteiger partial charge is 0.294 e. The van der Waals surface area contributed by atoms with Gasteiger partial charge < -0.3 is 14.6 Å². The van der Waals surface area contributed by atoms with E-state index in [-0.39, 0.29) is 11.7 Å². The van der Waals surface area contributed by atoms with E-state index in [2.05, 4.69) is 10.5 Å². The summed E-state index contributed by atoms with van der Waals surface area (Å²) in [4.78, 5) is 12.0. The van der Waals surface area contributed by atoms with Crippen LogP contribution >= 0.6 is 11.6 Å². The molecule has 0 radical (unpaired) electrons. The molecule has 2 rings (SSSR count). The van der Waals surface area contributed by atoms with Crippen LogP contribution in [0.1, 0.15) is 21.7 Å². The second-order valence-electron chi connectivity index (χ2n) is 4.09. The number of halogens is 1. The summed E-state index contributed by atoms with van der Waals surface area (Å²) in [6.45, 7) is 3.59. The Morgan fingerprint density at radius 3 is 2.68 bits per heavy atom. The van der Waals surface area contributed by atoms with Crippen LogP contribution in [-0.4, -0.2) is 18.2 Å². The van der Waals surface area contributed by atoms with Crippen molar-refractivity contribution in [2.45, 2.75) is 13.8 Å². The second kappa shape index (κ2) is 5.32. The molecule has 2 aromatic rings. The van der Waals surface area contributed by atoms with Crippen LogP contribution < -0.4 is 10.1 Å². The third-order valence-corrected chi connectivity index (χ3v) is 3.09. The van der Waals surface area contributed by atoms with Gasteiger partial charge in [0.05, 0.1) is 19.0 Å². The van der Waals surface area contributed by atoms with Crippen LogP contribution in [0.4, 0.5) is 5.69 Å². The molecular formula is C13H13ClN2O3. The molecule has 0 saturated carbocycles. The maximum absolute atomic E-state index is 12.0. The molecule has 100 valence electrons. The molecule has 1 aromatic heterocycles. The van der Waals surface area contributed by atoms with Crippen molar-refractivity contribution >= 4 is 23.2 Å². The van der Waals surface area contributed by atoms with Crippen molar-refractivity contribution in [1.82, 2.24) is 5.16 Å². The molecule has 1 heterocycles. The molecule has 0 atom stereocenters. The van der Waals surface area contributed by atoms with Crippen molar-refractivity contribution in [2.24, 2.45) is 0 Å². The van der Waals surface area contributed by atoms with E-state index in [9.17, 15) is 4.79 Å². The molecule has 19 heavy (non-hydrogen) atoms. The highest BCUT2D eigenvalue weighted by Gasteiger charge is 2.17. The van der Waals surface area contributed by atoms with Gasteiger partial charge in [0, 0.05) is 16.7 Å². The van der Waals surface area contributed by atoms with Gasteiger partial charge in [-0.25, -0.2) is 0 Å². The first kappa shape index (κ1) is 13.4. The van der Waals surface area contributed by atoms with Crippen molar-refractivity contribution in [3.8, 4) is 5.75 Å². The van der Waals surface area contributed by atoms with Gasteiger partial charge in [0.2, 0.25) is 5.76 Å². The van der Waals surface area contributed by atoms with E-state index in [1.165, 1.54) is 13.3 Å². The van der Waals surface area contributed by atoms with Gasteiger partial charge in [-0.2, -0.15) is 0 Å². The number of benzene rings is 1. The lowest BCUT2D eigenvalue weighted by molar-refractivity contribution is 0.0986. The minimum absolute atomic E-state index is 0.176. The lowest BCUT2D eigenvalue weighted by Crippen LogP contribution is -2.13. The number of methoxy groups -OCH3 is 1. The number of nitrogens with zero attached hydrogens (tertiary/aromatic N) is 1. The predicted octanol–water partition coefficient (Wildman–Crippen LogP) is 3.21. The molecule has 0 spiro atoms. The van der Waals surface area contributed by atoms with Gasteiger partial charge in [-0.05, 0) is 25.5 Å². The highest BCUT2D eigenvalue weighted by molar-refractivity contribution is 6.31. The maximum atomic E-state index is 12.0. The summed E-state index contributed by atoms with van der Waals surface area (Å²) in [5, 5.41) is 6.86. The van der Waals surface area contributed by atoms with Crippen LogP contribution in [0.3, 0.4) is 0 Å². The van der Waals surface area contributed by atoms with Gasteiger partial charge in [0.15, 0.2) is 0 Å². The summed E-state index contributed by atoms with van der Waals surface area (Å²) < 4.78 is 10.1. The Hall–Kier alpha value is -2.01. The number of aromatic nitrogens is 1. The molecule has 0 aliphatic rings. The molecule has 0 aliphatic carbocycles. The molecule has 0 unspecified atom stereocenters. The van der Waals surface area contributed by atoms with Crippen LogP contribution in [0.5, 0.6) is 5.75 Å². The van der Waals surface area contributed by atoms with Crippen molar-refractivity contribution < 1.29 is 14.1 Å². The first-order valence-corrected chi connectivity index (χ1v) is 5.97.